The summed E-state index contributed by atoms with van der Waals surface area (Å²) in [6.45, 7) is 3.55. The van der Waals surface area contributed by atoms with Crippen LogP contribution in [-0.4, -0.2) is 41.7 Å². The second-order valence-corrected chi connectivity index (χ2v) is 7.85. The molecule has 32 heavy (non-hydrogen) atoms. The summed E-state index contributed by atoms with van der Waals surface area (Å²) in [5, 5.41) is 7.30. The molecule has 0 aliphatic carbocycles. The average molecular weight is 431 g/mol. The molecule has 0 spiro atoms. The summed E-state index contributed by atoms with van der Waals surface area (Å²) in [6, 6.07) is 10.1. The number of hydrogen-bond acceptors (Lipinski definition) is 5. The van der Waals surface area contributed by atoms with Crippen LogP contribution in [0.5, 0.6) is 0 Å². The van der Waals surface area contributed by atoms with Crippen molar-refractivity contribution in [1.29, 1.82) is 0 Å². The van der Waals surface area contributed by atoms with Gasteiger partial charge in [0, 0.05) is 50.7 Å². The summed E-state index contributed by atoms with van der Waals surface area (Å²) in [4.78, 5) is 23.9. The number of fused-ring (bicyclic) bond motifs is 1. The fraction of sp³-hybridized carbons (Fsp3) is 0.217. The monoisotopic (exact) mass is 431 g/mol. The number of hydrogen-bond donors (Lipinski definition) is 1. The van der Waals surface area contributed by atoms with Gasteiger partial charge >= 0.3 is 0 Å². The van der Waals surface area contributed by atoms with Gasteiger partial charge in [-0.2, -0.15) is 5.10 Å². The number of anilines is 2. The normalized spacial score (nSPS) is 13.3. The Morgan fingerprint density at radius 2 is 2.06 bits per heavy atom. The third kappa shape index (κ3) is 3.73. The van der Waals surface area contributed by atoms with Gasteiger partial charge in [0.05, 0.1) is 11.9 Å². The molecule has 1 aliphatic heterocycles. The largest absolute Gasteiger partial charge is 0.341 e. The quantitative estimate of drug-likeness (QED) is 0.523. The Bertz CT molecular complexity index is 1310. The molecule has 4 aromatic rings. The van der Waals surface area contributed by atoms with Crippen LogP contribution < -0.4 is 5.32 Å². The number of halogens is 1. The van der Waals surface area contributed by atoms with E-state index < -0.39 is 0 Å². The summed E-state index contributed by atoms with van der Waals surface area (Å²) >= 11 is 0. The number of aromatic nitrogens is 5. The summed E-state index contributed by atoms with van der Waals surface area (Å²) in [6.07, 6.45) is 5.41. The Morgan fingerprint density at radius 1 is 1.19 bits per heavy atom. The first kappa shape index (κ1) is 19.9. The first-order valence-corrected chi connectivity index (χ1v) is 10.3. The molecule has 0 bridgehead atoms. The zero-order valence-corrected chi connectivity index (χ0v) is 17.8. The van der Waals surface area contributed by atoms with Gasteiger partial charge in [-0.05, 0) is 36.2 Å². The Morgan fingerprint density at radius 3 is 2.84 bits per heavy atom. The molecule has 1 aromatic carbocycles. The van der Waals surface area contributed by atoms with Crippen LogP contribution in [0, 0.1) is 12.7 Å². The molecule has 0 unspecified atom stereocenters. The van der Waals surface area contributed by atoms with E-state index >= 15 is 0 Å². The van der Waals surface area contributed by atoms with E-state index in [1.165, 1.54) is 12.1 Å². The van der Waals surface area contributed by atoms with Crippen LogP contribution in [0.1, 0.15) is 21.6 Å². The Kier molecular flexibility index (Phi) is 4.93. The van der Waals surface area contributed by atoms with Crippen molar-refractivity contribution >= 4 is 17.7 Å². The molecule has 1 N–H and O–H groups in total. The maximum atomic E-state index is 13.5. The van der Waals surface area contributed by atoms with E-state index in [9.17, 15) is 9.18 Å². The highest BCUT2D eigenvalue weighted by Crippen LogP contribution is 2.28. The lowest BCUT2D eigenvalue weighted by Crippen LogP contribution is -2.39. The number of amides is 1. The third-order valence-corrected chi connectivity index (χ3v) is 5.58. The predicted molar refractivity (Wildman–Crippen MR) is 118 cm³/mol. The van der Waals surface area contributed by atoms with Crippen LogP contribution >= 0.6 is 0 Å². The molecular weight excluding hydrogens is 409 g/mol. The van der Waals surface area contributed by atoms with Gasteiger partial charge in [0.15, 0.2) is 0 Å². The highest BCUT2D eigenvalue weighted by Gasteiger charge is 2.26. The maximum Gasteiger partial charge on any atom is 0.270 e. The van der Waals surface area contributed by atoms with Crippen molar-refractivity contribution in [3.05, 3.63) is 77.6 Å². The van der Waals surface area contributed by atoms with Crippen molar-refractivity contribution in [2.24, 2.45) is 7.05 Å². The van der Waals surface area contributed by atoms with Crippen LogP contribution in [0.4, 0.5) is 16.2 Å². The minimum Gasteiger partial charge on any atom is -0.341 e. The molecule has 8 nitrogen and oxygen atoms in total. The SMILES string of the molecule is Cc1cnc(Nc2ccnn2C)nc1-c1cc2n(c1)CCN(Cc1cccc(F)c1)C2=O. The fourth-order valence-electron chi connectivity index (χ4n) is 3.91. The number of carbonyl (C=O) groups excluding carboxylic acids is 1. The summed E-state index contributed by atoms with van der Waals surface area (Å²) in [5.41, 5.74) is 3.90. The van der Waals surface area contributed by atoms with E-state index in [0.717, 1.165) is 28.2 Å². The maximum absolute atomic E-state index is 13.5. The van der Waals surface area contributed by atoms with Crippen molar-refractivity contribution in [2.45, 2.75) is 20.0 Å². The number of nitrogens with one attached hydrogen (secondary N) is 1. The second kappa shape index (κ2) is 7.92. The van der Waals surface area contributed by atoms with Crippen LogP contribution in [0.15, 0.2) is 55.0 Å². The van der Waals surface area contributed by atoms with E-state index in [0.29, 0.717) is 31.3 Å². The van der Waals surface area contributed by atoms with Crippen LogP contribution in [0.25, 0.3) is 11.3 Å². The van der Waals surface area contributed by atoms with Crippen molar-refractivity contribution in [3.8, 4) is 11.3 Å². The van der Waals surface area contributed by atoms with Gasteiger partial charge in [0.2, 0.25) is 5.95 Å². The van der Waals surface area contributed by atoms with E-state index in [4.69, 9.17) is 0 Å². The molecule has 1 aliphatic rings. The number of rotatable bonds is 5. The van der Waals surface area contributed by atoms with Gasteiger partial charge in [0.25, 0.3) is 5.91 Å². The van der Waals surface area contributed by atoms with Gasteiger partial charge in [-0.25, -0.2) is 14.4 Å². The van der Waals surface area contributed by atoms with Crippen molar-refractivity contribution in [2.75, 3.05) is 11.9 Å². The van der Waals surface area contributed by atoms with Crippen LogP contribution in [0.2, 0.25) is 0 Å². The molecule has 0 saturated heterocycles. The molecule has 0 radical (unpaired) electrons. The van der Waals surface area contributed by atoms with E-state index in [2.05, 4.69) is 20.4 Å². The van der Waals surface area contributed by atoms with E-state index in [1.807, 2.05) is 42.9 Å². The molecule has 1 amide bonds. The van der Waals surface area contributed by atoms with Crippen molar-refractivity contribution < 1.29 is 9.18 Å². The Labute approximate surface area is 184 Å². The van der Waals surface area contributed by atoms with Gasteiger partial charge in [0.1, 0.15) is 17.3 Å². The van der Waals surface area contributed by atoms with Crippen LogP contribution in [-0.2, 0) is 20.1 Å². The molecule has 0 fully saturated rings. The lowest BCUT2D eigenvalue weighted by molar-refractivity contribution is 0.0691. The van der Waals surface area contributed by atoms with Gasteiger partial charge in [-0.3, -0.25) is 9.48 Å². The van der Waals surface area contributed by atoms with E-state index in [1.54, 1.807) is 28.0 Å². The van der Waals surface area contributed by atoms with Gasteiger partial charge < -0.3 is 14.8 Å². The molecule has 0 saturated carbocycles. The average Bonchev–Trinajstić information content (AvgIpc) is 3.38. The zero-order chi connectivity index (χ0) is 22.2. The van der Waals surface area contributed by atoms with E-state index in [-0.39, 0.29) is 11.7 Å². The Balaban J connectivity index is 1.41. The number of carbonyl (C=O) groups is 1. The molecule has 162 valence electrons. The minimum atomic E-state index is -0.299. The minimum absolute atomic E-state index is 0.0771. The molecule has 3 aromatic heterocycles. The standard InChI is InChI=1S/C23H22FN7O/c1-15-12-25-23(27-20-6-7-26-29(20)2)28-21(15)17-11-19-22(32)31(9-8-30(19)14-17)13-16-4-3-5-18(24)10-16/h3-7,10-12,14H,8-9,13H2,1-2H3,(H,25,27,28). The molecule has 5 rings (SSSR count). The topological polar surface area (TPSA) is 80.9 Å². The molecule has 4 heterocycles. The summed E-state index contributed by atoms with van der Waals surface area (Å²) < 4.78 is 17.2. The first-order valence-electron chi connectivity index (χ1n) is 10.3. The predicted octanol–water partition coefficient (Wildman–Crippen LogP) is 3.53. The van der Waals surface area contributed by atoms with Crippen molar-refractivity contribution in [3.63, 3.8) is 0 Å². The number of aryl methyl sites for hydroxylation is 2. The lowest BCUT2D eigenvalue weighted by atomic mass is 10.1. The molecule has 0 atom stereocenters. The summed E-state index contributed by atoms with van der Waals surface area (Å²) in [5.74, 6) is 0.857. The second-order valence-electron chi connectivity index (χ2n) is 7.85. The highest BCUT2D eigenvalue weighted by molar-refractivity contribution is 5.95. The zero-order valence-electron chi connectivity index (χ0n) is 17.8. The highest BCUT2D eigenvalue weighted by atomic mass is 19.1. The fourth-order valence-corrected chi connectivity index (χ4v) is 3.91. The van der Waals surface area contributed by atoms with Crippen LogP contribution in [0.3, 0.4) is 0 Å². The lowest BCUT2D eigenvalue weighted by Gasteiger charge is -2.28. The number of nitrogens with zero attached hydrogens (tertiary/aromatic N) is 6. The van der Waals surface area contributed by atoms with Gasteiger partial charge in [-0.15, -0.1) is 0 Å². The number of benzene rings is 1. The third-order valence-electron chi connectivity index (χ3n) is 5.58. The van der Waals surface area contributed by atoms with Gasteiger partial charge in [-0.1, -0.05) is 12.1 Å². The smallest absolute Gasteiger partial charge is 0.270 e. The Hall–Kier alpha value is -4.01. The van der Waals surface area contributed by atoms with Crippen molar-refractivity contribution in [1.82, 2.24) is 29.2 Å². The summed E-state index contributed by atoms with van der Waals surface area (Å²) in [7, 11) is 1.83. The molecular formula is C23H22FN7O. The first-order chi connectivity index (χ1) is 15.5. The molecule has 9 heteroatoms.